The highest BCUT2D eigenvalue weighted by molar-refractivity contribution is 5.59. The Balaban J connectivity index is 1.76. The fourth-order valence-corrected chi connectivity index (χ4v) is 2.81. The van der Waals surface area contributed by atoms with Gasteiger partial charge in [-0.15, -0.1) is 5.10 Å². The summed E-state index contributed by atoms with van der Waals surface area (Å²) < 4.78 is 0. The molecule has 0 amide bonds. The average Bonchev–Trinajstić information content (AvgIpc) is 2.51. The van der Waals surface area contributed by atoms with E-state index in [1.54, 1.807) is 6.20 Å². The number of hydrogen-bond donors (Lipinski definition) is 1. The minimum absolute atomic E-state index is 0.558. The Labute approximate surface area is 131 Å². The number of anilines is 3. The minimum Gasteiger partial charge on any atom is -0.355 e. The molecule has 1 fully saturated rings. The largest absolute Gasteiger partial charge is 0.355 e. The molecular formula is C17H23N5. The second kappa shape index (κ2) is 6.30. The van der Waals surface area contributed by atoms with E-state index in [2.05, 4.69) is 64.4 Å². The van der Waals surface area contributed by atoms with E-state index in [0.717, 1.165) is 30.5 Å². The summed E-state index contributed by atoms with van der Waals surface area (Å²) in [6.07, 6.45) is 4.18. The highest BCUT2D eigenvalue weighted by Crippen LogP contribution is 2.23. The van der Waals surface area contributed by atoms with Crippen LogP contribution >= 0.6 is 0 Å². The molecule has 0 atom stereocenters. The summed E-state index contributed by atoms with van der Waals surface area (Å²) >= 11 is 0. The molecule has 116 valence electrons. The molecule has 2 aromatic rings. The van der Waals surface area contributed by atoms with Crippen molar-refractivity contribution in [1.82, 2.24) is 15.2 Å². The SMILES string of the molecule is Cc1ccc(Nc2nncc(N3CCC(C)CC3)n2)c(C)c1. The minimum atomic E-state index is 0.558. The molecular weight excluding hydrogens is 274 g/mol. The van der Waals surface area contributed by atoms with Crippen LogP contribution in [0.2, 0.25) is 0 Å². The van der Waals surface area contributed by atoms with Gasteiger partial charge >= 0.3 is 0 Å². The van der Waals surface area contributed by atoms with Crippen molar-refractivity contribution in [3.63, 3.8) is 0 Å². The van der Waals surface area contributed by atoms with Crippen molar-refractivity contribution in [2.24, 2.45) is 5.92 Å². The van der Waals surface area contributed by atoms with Crippen molar-refractivity contribution in [2.45, 2.75) is 33.6 Å². The lowest BCUT2D eigenvalue weighted by atomic mass is 9.99. The van der Waals surface area contributed by atoms with Crippen LogP contribution in [-0.4, -0.2) is 28.3 Å². The van der Waals surface area contributed by atoms with Crippen LogP contribution < -0.4 is 10.2 Å². The number of piperidine rings is 1. The smallest absolute Gasteiger partial charge is 0.249 e. The van der Waals surface area contributed by atoms with Gasteiger partial charge in [-0.1, -0.05) is 24.6 Å². The first-order valence-electron chi connectivity index (χ1n) is 7.91. The Morgan fingerprint density at radius 1 is 1.18 bits per heavy atom. The molecule has 0 saturated carbocycles. The van der Waals surface area contributed by atoms with Gasteiger partial charge in [0.05, 0.1) is 6.20 Å². The molecule has 5 heteroatoms. The van der Waals surface area contributed by atoms with Gasteiger partial charge < -0.3 is 10.2 Å². The van der Waals surface area contributed by atoms with Crippen molar-refractivity contribution >= 4 is 17.5 Å². The molecule has 1 N–H and O–H groups in total. The van der Waals surface area contributed by atoms with Gasteiger partial charge in [0.25, 0.3) is 0 Å². The van der Waals surface area contributed by atoms with Gasteiger partial charge in [-0.25, -0.2) is 0 Å². The Hall–Kier alpha value is -2.17. The number of aromatic nitrogens is 3. The highest BCUT2D eigenvalue weighted by Gasteiger charge is 2.17. The van der Waals surface area contributed by atoms with E-state index >= 15 is 0 Å². The van der Waals surface area contributed by atoms with Crippen molar-refractivity contribution in [1.29, 1.82) is 0 Å². The van der Waals surface area contributed by atoms with E-state index in [0.29, 0.717) is 5.95 Å². The lowest BCUT2D eigenvalue weighted by Gasteiger charge is -2.30. The number of nitrogens with one attached hydrogen (secondary N) is 1. The maximum absolute atomic E-state index is 4.62. The van der Waals surface area contributed by atoms with Gasteiger partial charge in [0, 0.05) is 18.8 Å². The molecule has 5 nitrogen and oxygen atoms in total. The summed E-state index contributed by atoms with van der Waals surface area (Å²) in [4.78, 5) is 6.91. The van der Waals surface area contributed by atoms with Crippen LogP contribution in [0.3, 0.4) is 0 Å². The molecule has 1 aliphatic rings. The van der Waals surface area contributed by atoms with Crippen molar-refractivity contribution < 1.29 is 0 Å². The number of aryl methyl sites for hydroxylation is 2. The second-order valence-electron chi connectivity index (χ2n) is 6.25. The molecule has 1 saturated heterocycles. The summed E-state index contributed by atoms with van der Waals surface area (Å²) in [6, 6.07) is 6.29. The van der Waals surface area contributed by atoms with Crippen LogP contribution in [0.5, 0.6) is 0 Å². The predicted molar refractivity (Wildman–Crippen MR) is 89.6 cm³/mol. The van der Waals surface area contributed by atoms with Gasteiger partial charge in [-0.2, -0.15) is 10.1 Å². The van der Waals surface area contributed by atoms with Crippen LogP contribution in [0.15, 0.2) is 24.4 Å². The van der Waals surface area contributed by atoms with Crippen LogP contribution in [0.4, 0.5) is 17.5 Å². The topological polar surface area (TPSA) is 53.9 Å². The van der Waals surface area contributed by atoms with Crippen molar-refractivity contribution in [3.05, 3.63) is 35.5 Å². The fourth-order valence-electron chi connectivity index (χ4n) is 2.81. The molecule has 0 aliphatic carbocycles. The molecule has 22 heavy (non-hydrogen) atoms. The van der Waals surface area contributed by atoms with Gasteiger partial charge in [0.2, 0.25) is 5.95 Å². The molecule has 0 spiro atoms. The third-order valence-electron chi connectivity index (χ3n) is 4.28. The molecule has 3 rings (SSSR count). The molecule has 0 bridgehead atoms. The number of rotatable bonds is 3. The molecule has 0 unspecified atom stereocenters. The first kappa shape index (κ1) is 14.8. The van der Waals surface area contributed by atoms with Crippen molar-refractivity contribution in [3.8, 4) is 0 Å². The maximum atomic E-state index is 4.62. The van der Waals surface area contributed by atoms with Crippen LogP contribution in [-0.2, 0) is 0 Å². The summed E-state index contributed by atoms with van der Waals surface area (Å²) in [6.45, 7) is 8.57. The molecule has 2 heterocycles. The predicted octanol–water partition coefficient (Wildman–Crippen LogP) is 3.47. The molecule has 0 radical (unpaired) electrons. The van der Waals surface area contributed by atoms with Gasteiger partial charge in [0.15, 0.2) is 5.82 Å². The van der Waals surface area contributed by atoms with E-state index in [9.17, 15) is 0 Å². The second-order valence-corrected chi connectivity index (χ2v) is 6.25. The zero-order valence-corrected chi connectivity index (χ0v) is 13.5. The maximum Gasteiger partial charge on any atom is 0.249 e. The number of benzene rings is 1. The molecule has 1 aromatic carbocycles. The third kappa shape index (κ3) is 3.35. The standard InChI is InChI=1S/C17H23N5/c1-12-6-8-22(9-7-12)16-11-18-21-17(20-16)19-15-5-4-13(2)10-14(15)3/h4-5,10-12H,6-9H2,1-3H3,(H,19,20,21). The van der Waals surface area contributed by atoms with E-state index in [-0.39, 0.29) is 0 Å². The first-order chi connectivity index (χ1) is 10.6. The summed E-state index contributed by atoms with van der Waals surface area (Å²) in [5, 5.41) is 11.5. The van der Waals surface area contributed by atoms with E-state index in [1.807, 2.05) is 0 Å². The first-order valence-corrected chi connectivity index (χ1v) is 7.91. The van der Waals surface area contributed by atoms with E-state index in [1.165, 1.54) is 24.0 Å². The van der Waals surface area contributed by atoms with E-state index in [4.69, 9.17) is 0 Å². The number of nitrogens with zero attached hydrogens (tertiary/aromatic N) is 4. The third-order valence-corrected chi connectivity index (χ3v) is 4.28. The zero-order valence-electron chi connectivity index (χ0n) is 13.5. The zero-order chi connectivity index (χ0) is 15.5. The monoisotopic (exact) mass is 297 g/mol. The Kier molecular flexibility index (Phi) is 4.22. The van der Waals surface area contributed by atoms with E-state index < -0.39 is 0 Å². The fraction of sp³-hybridized carbons (Fsp3) is 0.471. The summed E-state index contributed by atoms with van der Waals surface area (Å²) in [5.41, 5.74) is 3.45. The van der Waals surface area contributed by atoms with Crippen LogP contribution in [0, 0.1) is 19.8 Å². The lowest BCUT2D eigenvalue weighted by Crippen LogP contribution is -2.33. The Morgan fingerprint density at radius 3 is 2.68 bits per heavy atom. The normalized spacial score (nSPS) is 15.9. The van der Waals surface area contributed by atoms with Crippen LogP contribution in [0.1, 0.15) is 30.9 Å². The summed E-state index contributed by atoms with van der Waals surface area (Å²) in [5.74, 6) is 2.27. The molecule has 1 aromatic heterocycles. The molecule has 1 aliphatic heterocycles. The Morgan fingerprint density at radius 2 is 1.95 bits per heavy atom. The van der Waals surface area contributed by atoms with Crippen LogP contribution in [0.25, 0.3) is 0 Å². The Bertz CT molecular complexity index is 647. The number of hydrogen-bond acceptors (Lipinski definition) is 5. The van der Waals surface area contributed by atoms with Gasteiger partial charge in [0.1, 0.15) is 0 Å². The quantitative estimate of drug-likeness (QED) is 0.940. The average molecular weight is 297 g/mol. The van der Waals surface area contributed by atoms with Crippen molar-refractivity contribution in [2.75, 3.05) is 23.3 Å². The van der Waals surface area contributed by atoms with Gasteiger partial charge in [-0.3, -0.25) is 0 Å². The lowest BCUT2D eigenvalue weighted by molar-refractivity contribution is 0.436. The summed E-state index contributed by atoms with van der Waals surface area (Å²) in [7, 11) is 0. The van der Waals surface area contributed by atoms with Gasteiger partial charge in [-0.05, 0) is 44.2 Å². The highest BCUT2D eigenvalue weighted by atomic mass is 15.3.